The van der Waals surface area contributed by atoms with Gasteiger partial charge in [-0.3, -0.25) is 9.78 Å². The molecule has 0 aromatic carbocycles. The van der Waals surface area contributed by atoms with Gasteiger partial charge < -0.3 is 5.32 Å². The first kappa shape index (κ1) is 9.97. The van der Waals surface area contributed by atoms with Gasteiger partial charge in [0, 0.05) is 18.0 Å². The van der Waals surface area contributed by atoms with Gasteiger partial charge in [0.05, 0.1) is 5.69 Å². The molecule has 3 rings (SSSR count). The number of hydrogen-bond acceptors (Lipinski definition) is 3. The van der Waals surface area contributed by atoms with Gasteiger partial charge >= 0.3 is 0 Å². The molecular formula is C13H16N2O. The van der Waals surface area contributed by atoms with Crippen molar-refractivity contribution in [3.63, 3.8) is 0 Å². The van der Waals surface area contributed by atoms with Crippen molar-refractivity contribution >= 4 is 5.78 Å². The third-order valence-corrected chi connectivity index (χ3v) is 3.99. The van der Waals surface area contributed by atoms with Gasteiger partial charge in [0.15, 0.2) is 0 Å². The molecule has 3 nitrogen and oxygen atoms in total. The fraction of sp³-hybridized carbons (Fsp3) is 0.538. The molecule has 0 unspecified atom stereocenters. The third kappa shape index (κ3) is 1.47. The number of rotatable bonds is 0. The molecule has 84 valence electrons. The van der Waals surface area contributed by atoms with E-state index in [9.17, 15) is 4.79 Å². The quantitative estimate of drug-likeness (QED) is 0.706. The number of aromatic nitrogens is 1. The summed E-state index contributed by atoms with van der Waals surface area (Å²) in [5.41, 5.74) is 2.20. The summed E-state index contributed by atoms with van der Waals surface area (Å²) >= 11 is 0. The zero-order chi connectivity index (χ0) is 11.0. The van der Waals surface area contributed by atoms with Crippen molar-refractivity contribution in [2.75, 3.05) is 13.1 Å². The summed E-state index contributed by atoms with van der Waals surface area (Å²) in [6, 6.07) is 4.10. The van der Waals surface area contributed by atoms with Crippen molar-refractivity contribution in [1.82, 2.24) is 10.3 Å². The summed E-state index contributed by atoms with van der Waals surface area (Å²) < 4.78 is 0. The minimum absolute atomic E-state index is 0.0821. The first-order chi connectivity index (χ1) is 7.80. The van der Waals surface area contributed by atoms with Gasteiger partial charge in [0.1, 0.15) is 5.78 Å². The van der Waals surface area contributed by atoms with Gasteiger partial charge in [-0.2, -0.15) is 0 Å². The summed E-state index contributed by atoms with van der Waals surface area (Å²) in [6.07, 6.45) is 5.19. The van der Waals surface area contributed by atoms with Gasteiger partial charge in [0.2, 0.25) is 0 Å². The van der Waals surface area contributed by atoms with E-state index in [1.807, 2.05) is 6.07 Å². The topological polar surface area (TPSA) is 42.0 Å². The number of nitrogens with zero attached hydrogens (tertiary/aromatic N) is 1. The van der Waals surface area contributed by atoms with Crippen LogP contribution in [-0.2, 0) is 17.6 Å². The number of carbonyl (C=O) groups is 1. The molecule has 0 saturated carbocycles. The van der Waals surface area contributed by atoms with Crippen LogP contribution in [0.5, 0.6) is 0 Å². The lowest BCUT2D eigenvalue weighted by Gasteiger charge is -2.39. The highest BCUT2D eigenvalue weighted by Gasteiger charge is 2.42. The van der Waals surface area contributed by atoms with Crippen molar-refractivity contribution in [2.24, 2.45) is 5.41 Å². The molecular weight excluding hydrogens is 200 g/mol. The molecule has 1 aliphatic carbocycles. The largest absolute Gasteiger partial charge is 0.317 e. The third-order valence-electron chi connectivity index (χ3n) is 3.99. The Labute approximate surface area is 95.3 Å². The van der Waals surface area contributed by atoms with E-state index in [2.05, 4.69) is 16.4 Å². The number of ketones is 1. The maximum atomic E-state index is 12.3. The summed E-state index contributed by atoms with van der Waals surface area (Å²) in [4.78, 5) is 16.6. The smallest absolute Gasteiger partial charge is 0.145 e. The van der Waals surface area contributed by atoms with E-state index in [1.165, 1.54) is 5.56 Å². The van der Waals surface area contributed by atoms with Crippen LogP contribution in [0.3, 0.4) is 0 Å². The molecule has 0 bridgehead atoms. The Kier molecular flexibility index (Phi) is 2.28. The SMILES string of the molecule is O=C1Cc2ncccc2CC12CCNCC2. The zero-order valence-corrected chi connectivity index (χ0v) is 9.33. The van der Waals surface area contributed by atoms with E-state index in [4.69, 9.17) is 0 Å². The lowest BCUT2D eigenvalue weighted by atomic mass is 9.66. The summed E-state index contributed by atoms with van der Waals surface area (Å²) in [5.74, 6) is 0.403. The molecule has 0 atom stereocenters. The summed E-state index contributed by atoms with van der Waals surface area (Å²) in [5, 5.41) is 3.33. The molecule has 1 spiro atoms. The van der Waals surface area contributed by atoms with Crippen LogP contribution in [0, 0.1) is 5.41 Å². The minimum Gasteiger partial charge on any atom is -0.317 e. The van der Waals surface area contributed by atoms with Crippen LogP contribution in [0.2, 0.25) is 0 Å². The molecule has 1 aromatic rings. The fourth-order valence-corrected chi connectivity index (χ4v) is 2.96. The van der Waals surface area contributed by atoms with Crippen molar-refractivity contribution in [1.29, 1.82) is 0 Å². The van der Waals surface area contributed by atoms with Crippen LogP contribution in [0.15, 0.2) is 18.3 Å². The molecule has 16 heavy (non-hydrogen) atoms. The number of hydrogen-bond donors (Lipinski definition) is 1. The second kappa shape index (κ2) is 3.67. The predicted molar refractivity (Wildman–Crippen MR) is 61.2 cm³/mol. The van der Waals surface area contributed by atoms with Crippen LogP contribution >= 0.6 is 0 Å². The van der Waals surface area contributed by atoms with Gasteiger partial charge in [-0.05, 0) is 44.0 Å². The first-order valence-electron chi connectivity index (χ1n) is 5.97. The van der Waals surface area contributed by atoms with E-state index in [0.717, 1.165) is 38.0 Å². The number of pyridine rings is 1. The molecule has 1 saturated heterocycles. The van der Waals surface area contributed by atoms with Crippen molar-refractivity contribution < 1.29 is 4.79 Å². The van der Waals surface area contributed by atoms with E-state index < -0.39 is 0 Å². The Morgan fingerprint density at radius 2 is 2.12 bits per heavy atom. The first-order valence-corrected chi connectivity index (χ1v) is 5.97. The highest BCUT2D eigenvalue weighted by Crippen LogP contribution is 2.38. The van der Waals surface area contributed by atoms with Crippen LogP contribution in [0.1, 0.15) is 24.1 Å². The summed E-state index contributed by atoms with van der Waals surface area (Å²) in [7, 11) is 0. The molecule has 0 radical (unpaired) electrons. The molecule has 2 heterocycles. The molecule has 1 N–H and O–H groups in total. The number of Topliss-reactive ketones (excluding diaryl/α,β-unsaturated/α-hetero) is 1. The van der Waals surface area contributed by atoms with E-state index in [1.54, 1.807) is 6.20 Å². The predicted octanol–water partition coefficient (Wildman–Crippen LogP) is 1.12. The Balaban J connectivity index is 1.97. The average Bonchev–Trinajstić information content (AvgIpc) is 2.32. The van der Waals surface area contributed by atoms with Crippen molar-refractivity contribution in [3.8, 4) is 0 Å². The van der Waals surface area contributed by atoms with Crippen LogP contribution in [0.25, 0.3) is 0 Å². The highest BCUT2D eigenvalue weighted by atomic mass is 16.1. The van der Waals surface area contributed by atoms with E-state index in [0.29, 0.717) is 12.2 Å². The van der Waals surface area contributed by atoms with Crippen LogP contribution < -0.4 is 5.32 Å². The van der Waals surface area contributed by atoms with E-state index in [-0.39, 0.29) is 5.41 Å². The molecule has 3 heteroatoms. The molecule has 2 aliphatic rings. The molecule has 0 amide bonds. The molecule has 1 fully saturated rings. The zero-order valence-electron chi connectivity index (χ0n) is 9.33. The second-order valence-electron chi connectivity index (χ2n) is 4.92. The Bertz CT molecular complexity index is 422. The number of nitrogens with one attached hydrogen (secondary N) is 1. The van der Waals surface area contributed by atoms with Gasteiger partial charge in [0.25, 0.3) is 0 Å². The maximum Gasteiger partial charge on any atom is 0.145 e. The average molecular weight is 216 g/mol. The maximum absolute atomic E-state index is 12.3. The van der Waals surface area contributed by atoms with Gasteiger partial charge in [-0.1, -0.05) is 6.07 Å². The minimum atomic E-state index is -0.0821. The Hall–Kier alpha value is -1.22. The van der Waals surface area contributed by atoms with Gasteiger partial charge in [-0.15, -0.1) is 0 Å². The van der Waals surface area contributed by atoms with Crippen LogP contribution in [0.4, 0.5) is 0 Å². The Morgan fingerprint density at radius 1 is 1.31 bits per heavy atom. The number of piperidine rings is 1. The van der Waals surface area contributed by atoms with Gasteiger partial charge in [-0.25, -0.2) is 0 Å². The lowest BCUT2D eigenvalue weighted by Crippen LogP contribution is -2.46. The number of fused-ring (bicyclic) bond motifs is 1. The molecule has 1 aromatic heterocycles. The summed E-state index contributed by atoms with van der Waals surface area (Å²) in [6.45, 7) is 1.95. The second-order valence-corrected chi connectivity index (χ2v) is 4.92. The molecule has 1 aliphatic heterocycles. The highest BCUT2D eigenvalue weighted by molar-refractivity contribution is 5.88. The van der Waals surface area contributed by atoms with E-state index >= 15 is 0 Å². The normalized spacial score (nSPS) is 23.1. The fourth-order valence-electron chi connectivity index (χ4n) is 2.96. The number of carbonyl (C=O) groups excluding carboxylic acids is 1. The lowest BCUT2D eigenvalue weighted by molar-refractivity contribution is -0.130. The standard InChI is InChI=1S/C13H16N2O/c16-12-8-11-10(2-1-5-15-11)9-13(12)3-6-14-7-4-13/h1-2,5,14H,3-4,6-9H2. The monoisotopic (exact) mass is 216 g/mol. The van der Waals surface area contributed by atoms with Crippen LogP contribution in [-0.4, -0.2) is 23.9 Å². The van der Waals surface area contributed by atoms with Crippen molar-refractivity contribution in [3.05, 3.63) is 29.6 Å². The Morgan fingerprint density at radius 3 is 2.94 bits per heavy atom. The van der Waals surface area contributed by atoms with Crippen molar-refractivity contribution in [2.45, 2.75) is 25.7 Å².